The molecule has 0 spiro atoms. The second kappa shape index (κ2) is 5.61. The van der Waals surface area contributed by atoms with Gasteiger partial charge in [0.2, 0.25) is 0 Å². The SMILES string of the molecule is CCN(C)CC1CCCCCC1O. The summed E-state index contributed by atoms with van der Waals surface area (Å²) in [6.45, 7) is 4.32. The lowest BCUT2D eigenvalue weighted by Crippen LogP contribution is -2.32. The normalized spacial score (nSPS) is 30.5. The Morgan fingerprint density at radius 3 is 2.62 bits per heavy atom. The van der Waals surface area contributed by atoms with Gasteiger partial charge in [0.05, 0.1) is 6.10 Å². The van der Waals surface area contributed by atoms with E-state index in [1.54, 1.807) is 0 Å². The largest absolute Gasteiger partial charge is 0.393 e. The van der Waals surface area contributed by atoms with E-state index in [2.05, 4.69) is 18.9 Å². The first-order valence-electron chi connectivity index (χ1n) is 5.60. The molecule has 0 aromatic heterocycles. The van der Waals surface area contributed by atoms with Crippen LogP contribution in [0.15, 0.2) is 0 Å². The second-order valence-electron chi connectivity index (χ2n) is 4.32. The summed E-state index contributed by atoms with van der Waals surface area (Å²) in [7, 11) is 2.14. The molecule has 78 valence electrons. The van der Waals surface area contributed by atoms with Crippen LogP contribution in [0.1, 0.15) is 39.0 Å². The summed E-state index contributed by atoms with van der Waals surface area (Å²) >= 11 is 0. The summed E-state index contributed by atoms with van der Waals surface area (Å²) < 4.78 is 0. The molecule has 2 atom stereocenters. The second-order valence-corrected chi connectivity index (χ2v) is 4.32. The van der Waals surface area contributed by atoms with E-state index in [0.29, 0.717) is 5.92 Å². The highest BCUT2D eigenvalue weighted by molar-refractivity contribution is 4.75. The summed E-state index contributed by atoms with van der Waals surface area (Å²) in [5.74, 6) is 0.521. The predicted octanol–water partition coefficient (Wildman–Crippen LogP) is 1.88. The van der Waals surface area contributed by atoms with Gasteiger partial charge < -0.3 is 10.0 Å². The van der Waals surface area contributed by atoms with Crippen LogP contribution in [0.25, 0.3) is 0 Å². The highest BCUT2D eigenvalue weighted by Crippen LogP contribution is 2.23. The summed E-state index contributed by atoms with van der Waals surface area (Å²) in [6.07, 6.45) is 6.01. The number of aliphatic hydroxyl groups is 1. The van der Waals surface area contributed by atoms with Crippen LogP contribution in [-0.2, 0) is 0 Å². The molecule has 0 aromatic rings. The van der Waals surface area contributed by atoms with Gasteiger partial charge in [-0.1, -0.05) is 26.2 Å². The molecule has 0 saturated heterocycles. The van der Waals surface area contributed by atoms with Gasteiger partial charge in [0.1, 0.15) is 0 Å². The molecular weight excluding hydrogens is 162 g/mol. The average Bonchev–Trinajstić information content (AvgIpc) is 2.32. The van der Waals surface area contributed by atoms with Gasteiger partial charge in [0.15, 0.2) is 0 Å². The summed E-state index contributed by atoms with van der Waals surface area (Å²) in [4.78, 5) is 2.30. The Morgan fingerprint density at radius 1 is 1.23 bits per heavy atom. The molecule has 0 bridgehead atoms. The lowest BCUT2D eigenvalue weighted by molar-refractivity contribution is 0.0806. The lowest BCUT2D eigenvalue weighted by Gasteiger charge is -2.25. The maximum absolute atomic E-state index is 9.87. The van der Waals surface area contributed by atoms with Gasteiger partial charge >= 0.3 is 0 Å². The Hall–Kier alpha value is -0.0800. The van der Waals surface area contributed by atoms with Crippen LogP contribution in [0.3, 0.4) is 0 Å². The first-order valence-corrected chi connectivity index (χ1v) is 5.60. The van der Waals surface area contributed by atoms with Crippen molar-refractivity contribution in [2.24, 2.45) is 5.92 Å². The third-order valence-corrected chi connectivity index (χ3v) is 3.20. The summed E-state index contributed by atoms with van der Waals surface area (Å²) in [6, 6.07) is 0. The van der Waals surface area contributed by atoms with Crippen molar-refractivity contribution in [2.75, 3.05) is 20.1 Å². The molecule has 0 aliphatic heterocycles. The van der Waals surface area contributed by atoms with Crippen molar-refractivity contribution in [3.63, 3.8) is 0 Å². The molecule has 1 saturated carbocycles. The Kier molecular flexibility index (Phi) is 4.74. The zero-order valence-electron chi connectivity index (χ0n) is 9.00. The van der Waals surface area contributed by atoms with E-state index < -0.39 is 0 Å². The minimum absolute atomic E-state index is 0.0449. The number of rotatable bonds is 3. The smallest absolute Gasteiger partial charge is 0.0580 e. The zero-order chi connectivity index (χ0) is 9.68. The van der Waals surface area contributed by atoms with Crippen molar-refractivity contribution in [1.82, 2.24) is 4.90 Å². The van der Waals surface area contributed by atoms with Gasteiger partial charge in [0.25, 0.3) is 0 Å². The quantitative estimate of drug-likeness (QED) is 0.679. The summed E-state index contributed by atoms with van der Waals surface area (Å²) in [5.41, 5.74) is 0. The van der Waals surface area contributed by atoms with E-state index in [1.165, 1.54) is 25.7 Å². The average molecular weight is 185 g/mol. The van der Waals surface area contributed by atoms with Gasteiger partial charge in [-0.3, -0.25) is 0 Å². The van der Waals surface area contributed by atoms with E-state index in [9.17, 15) is 5.11 Å². The minimum Gasteiger partial charge on any atom is -0.393 e. The van der Waals surface area contributed by atoms with Crippen LogP contribution in [0.4, 0.5) is 0 Å². The van der Waals surface area contributed by atoms with Crippen LogP contribution < -0.4 is 0 Å². The third-order valence-electron chi connectivity index (χ3n) is 3.20. The first-order chi connectivity index (χ1) is 6.24. The van der Waals surface area contributed by atoms with Crippen LogP contribution in [0.2, 0.25) is 0 Å². The molecule has 0 amide bonds. The maximum Gasteiger partial charge on any atom is 0.0580 e. The predicted molar refractivity (Wildman–Crippen MR) is 55.8 cm³/mol. The fraction of sp³-hybridized carbons (Fsp3) is 1.00. The molecule has 1 rings (SSSR count). The van der Waals surface area contributed by atoms with Crippen molar-refractivity contribution in [3.8, 4) is 0 Å². The lowest BCUT2D eigenvalue weighted by atomic mass is 9.97. The minimum atomic E-state index is -0.0449. The monoisotopic (exact) mass is 185 g/mol. The van der Waals surface area contributed by atoms with Crippen molar-refractivity contribution in [2.45, 2.75) is 45.1 Å². The van der Waals surface area contributed by atoms with Crippen LogP contribution in [0, 0.1) is 5.92 Å². The molecule has 2 heteroatoms. The van der Waals surface area contributed by atoms with Gasteiger partial charge in [-0.25, -0.2) is 0 Å². The Morgan fingerprint density at radius 2 is 1.92 bits per heavy atom. The van der Waals surface area contributed by atoms with Crippen molar-refractivity contribution >= 4 is 0 Å². The number of hydrogen-bond donors (Lipinski definition) is 1. The fourth-order valence-electron chi connectivity index (χ4n) is 2.11. The van der Waals surface area contributed by atoms with Crippen LogP contribution in [0.5, 0.6) is 0 Å². The zero-order valence-corrected chi connectivity index (χ0v) is 9.00. The topological polar surface area (TPSA) is 23.5 Å². The molecular formula is C11H23NO. The number of nitrogens with zero attached hydrogens (tertiary/aromatic N) is 1. The molecule has 2 unspecified atom stereocenters. The molecule has 1 aliphatic carbocycles. The molecule has 0 aromatic carbocycles. The van der Waals surface area contributed by atoms with E-state index in [4.69, 9.17) is 0 Å². The van der Waals surface area contributed by atoms with E-state index in [0.717, 1.165) is 19.5 Å². The molecule has 0 radical (unpaired) electrons. The highest BCUT2D eigenvalue weighted by Gasteiger charge is 2.22. The molecule has 0 heterocycles. The summed E-state index contributed by atoms with van der Waals surface area (Å²) in [5, 5.41) is 9.87. The van der Waals surface area contributed by atoms with E-state index in [1.807, 2.05) is 0 Å². The van der Waals surface area contributed by atoms with E-state index in [-0.39, 0.29) is 6.10 Å². The highest BCUT2D eigenvalue weighted by atomic mass is 16.3. The van der Waals surface area contributed by atoms with Crippen molar-refractivity contribution < 1.29 is 5.11 Å². The van der Waals surface area contributed by atoms with Gasteiger partial charge in [-0.2, -0.15) is 0 Å². The Labute approximate surface area is 81.9 Å². The Bertz CT molecular complexity index is 138. The standard InChI is InChI=1S/C11H23NO/c1-3-12(2)9-10-7-5-4-6-8-11(10)13/h10-11,13H,3-9H2,1-2H3. The molecule has 1 N–H and O–H groups in total. The first kappa shape index (κ1) is 11.0. The Balaban J connectivity index is 2.35. The van der Waals surface area contributed by atoms with Gasteiger partial charge in [0, 0.05) is 6.54 Å². The van der Waals surface area contributed by atoms with Gasteiger partial charge in [-0.05, 0) is 32.4 Å². The number of aliphatic hydroxyl groups excluding tert-OH is 1. The fourth-order valence-corrected chi connectivity index (χ4v) is 2.11. The van der Waals surface area contributed by atoms with Crippen molar-refractivity contribution in [1.29, 1.82) is 0 Å². The maximum atomic E-state index is 9.87. The molecule has 1 aliphatic rings. The third kappa shape index (κ3) is 3.65. The van der Waals surface area contributed by atoms with Crippen LogP contribution in [-0.4, -0.2) is 36.2 Å². The molecule has 13 heavy (non-hydrogen) atoms. The number of hydrogen-bond acceptors (Lipinski definition) is 2. The van der Waals surface area contributed by atoms with E-state index >= 15 is 0 Å². The molecule has 1 fully saturated rings. The van der Waals surface area contributed by atoms with Gasteiger partial charge in [-0.15, -0.1) is 0 Å². The molecule has 2 nitrogen and oxygen atoms in total. The van der Waals surface area contributed by atoms with Crippen LogP contribution >= 0.6 is 0 Å². The van der Waals surface area contributed by atoms with Crippen molar-refractivity contribution in [3.05, 3.63) is 0 Å².